The molecule has 1 fully saturated rings. The van der Waals surface area contributed by atoms with E-state index in [1.165, 1.54) is 18.4 Å². The van der Waals surface area contributed by atoms with Gasteiger partial charge in [0.25, 0.3) is 0 Å². The standard InChI is InChI=1S/C13H16N2O/c14-7-11(8-1-2-8)9-3-4-12-10(5-9)6-13(16)15-12/h3-5,8,11H,1-2,6-7,14H2,(H,15,16). The molecule has 0 radical (unpaired) electrons. The Labute approximate surface area is 95.0 Å². The van der Waals surface area contributed by atoms with Crippen LogP contribution in [0.1, 0.15) is 29.9 Å². The predicted molar refractivity (Wildman–Crippen MR) is 63.3 cm³/mol. The molecule has 1 aromatic rings. The van der Waals surface area contributed by atoms with E-state index in [0.717, 1.165) is 17.2 Å². The summed E-state index contributed by atoms with van der Waals surface area (Å²) >= 11 is 0. The van der Waals surface area contributed by atoms with Gasteiger partial charge in [-0.15, -0.1) is 0 Å². The number of carbonyl (C=O) groups is 1. The van der Waals surface area contributed by atoms with Gasteiger partial charge in [0.15, 0.2) is 0 Å². The van der Waals surface area contributed by atoms with E-state index in [-0.39, 0.29) is 5.91 Å². The van der Waals surface area contributed by atoms with Crippen LogP contribution in [0.5, 0.6) is 0 Å². The monoisotopic (exact) mass is 216 g/mol. The maximum atomic E-state index is 11.3. The summed E-state index contributed by atoms with van der Waals surface area (Å²) in [6, 6.07) is 6.28. The second-order valence-corrected chi connectivity index (χ2v) is 4.82. The van der Waals surface area contributed by atoms with Gasteiger partial charge in [-0.3, -0.25) is 4.79 Å². The number of nitrogens with two attached hydrogens (primary N) is 1. The molecule has 1 amide bonds. The zero-order valence-corrected chi connectivity index (χ0v) is 9.20. The fraction of sp³-hybridized carbons (Fsp3) is 0.462. The summed E-state index contributed by atoms with van der Waals surface area (Å²) in [4.78, 5) is 11.3. The SMILES string of the molecule is NCC(c1ccc2c(c1)CC(=O)N2)C1CC1. The fourth-order valence-electron chi connectivity index (χ4n) is 2.58. The first-order valence-corrected chi connectivity index (χ1v) is 5.90. The highest BCUT2D eigenvalue weighted by atomic mass is 16.1. The molecule has 3 N–H and O–H groups in total. The molecule has 0 aromatic heterocycles. The van der Waals surface area contributed by atoms with E-state index in [0.29, 0.717) is 18.9 Å². The van der Waals surface area contributed by atoms with Crippen LogP contribution in [0.4, 0.5) is 5.69 Å². The van der Waals surface area contributed by atoms with E-state index in [2.05, 4.69) is 17.4 Å². The minimum absolute atomic E-state index is 0.0999. The quantitative estimate of drug-likeness (QED) is 0.807. The van der Waals surface area contributed by atoms with E-state index in [1.807, 2.05) is 6.07 Å². The highest BCUT2D eigenvalue weighted by Crippen LogP contribution is 2.42. The molecule has 3 nitrogen and oxygen atoms in total. The number of hydrogen-bond acceptors (Lipinski definition) is 2. The van der Waals surface area contributed by atoms with Crippen LogP contribution in [0.15, 0.2) is 18.2 Å². The van der Waals surface area contributed by atoms with Crippen LogP contribution in [-0.2, 0) is 11.2 Å². The Morgan fingerprint density at radius 1 is 1.44 bits per heavy atom. The molecule has 1 unspecified atom stereocenters. The van der Waals surface area contributed by atoms with Crippen molar-refractivity contribution in [3.05, 3.63) is 29.3 Å². The second-order valence-electron chi connectivity index (χ2n) is 4.82. The largest absolute Gasteiger partial charge is 0.330 e. The van der Waals surface area contributed by atoms with Crippen molar-refractivity contribution in [2.75, 3.05) is 11.9 Å². The summed E-state index contributed by atoms with van der Waals surface area (Å²) in [5.74, 6) is 1.36. The highest BCUT2D eigenvalue weighted by molar-refractivity contribution is 5.99. The van der Waals surface area contributed by atoms with Gasteiger partial charge in [0.2, 0.25) is 5.91 Å². The molecule has 1 saturated carbocycles. The molecule has 0 bridgehead atoms. The first-order chi connectivity index (χ1) is 7.78. The van der Waals surface area contributed by atoms with Gasteiger partial charge in [-0.2, -0.15) is 0 Å². The zero-order valence-electron chi connectivity index (χ0n) is 9.20. The number of hydrogen-bond donors (Lipinski definition) is 2. The first kappa shape index (κ1) is 9.85. The number of fused-ring (bicyclic) bond motifs is 1. The van der Waals surface area contributed by atoms with Gasteiger partial charge < -0.3 is 11.1 Å². The van der Waals surface area contributed by atoms with E-state index in [9.17, 15) is 4.79 Å². The maximum absolute atomic E-state index is 11.3. The normalized spacial score (nSPS) is 20.4. The van der Waals surface area contributed by atoms with E-state index >= 15 is 0 Å². The van der Waals surface area contributed by atoms with Crippen molar-refractivity contribution in [2.24, 2.45) is 11.7 Å². The van der Waals surface area contributed by atoms with E-state index in [4.69, 9.17) is 5.73 Å². The molecule has 1 aromatic carbocycles. The van der Waals surface area contributed by atoms with Crippen LogP contribution < -0.4 is 11.1 Å². The molecule has 2 aliphatic rings. The Bertz CT molecular complexity index is 438. The Morgan fingerprint density at radius 2 is 2.25 bits per heavy atom. The summed E-state index contributed by atoms with van der Waals surface area (Å²) in [6.45, 7) is 0.713. The van der Waals surface area contributed by atoms with Gasteiger partial charge in [-0.1, -0.05) is 12.1 Å². The van der Waals surface area contributed by atoms with Crippen molar-refractivity contribution in [1.82, 2.24) is 0 Å². The third-order valence-corrected chi connectivity index (χ3v) is 3.63. The Morgan fingerprint density at radius 3 is 2.94 bits per heavy atom. The van der Waals surface area contributed by atoms with E-state index in [1.54, 1.807) is 0 Å². The molecule has 1 aliphatic heterocycles. The van der Waals surface area contributed by atoms with Crippen molar-refractivity contribution >= 4 is 11.6 Å². The lowest BCUT2D eigenvalue weighted by atomic mass is 9.92. The molecule has 0 saturated heterocycles. The van der Waals surface area contributed by atoms with Gasteiger partial charge in [0.1, 0.15) is 0 Å². The van der Waals surface area contributed by atoms with Crippen LogP contribution in [0.25, 0.3) is 0 Å². The molecule has 3 heteroatoms. The smallest absolute Gasteiger partial charge is 0.228 e. The Balaban J connectivity index is 1.91. The van der Waals surface area contributed by atoms with Gasteiger partial charge in [0.05, 0.1) is 6.42 Å². The number of rotatable bonds is 3. The summed E-state index contributed by atoms with van der Waals surface area (Å²) < 4.78 is 0. The van der Waals surface area contributed by atoms with Crippen LogP contribution in [0.3, 0.4) is 0 Å². The van der Waals surface area contributed by atoms with E-state index < -0.39 is 0 Å². The van der Waals surface area contributed by atoms with Crippen LogP contribution in [0, 0.1) is 5.92 Å². The van der Waals surface area contributed by atoms with Crippen LogP contribution in [0.2, 0.25) is 0 Å². The minimum atomic E-state index is 0.0999. The topological polar surface area (TPSA) is 55.1 Å². The van der Waals surface area contributed by atoms with Crippen molar-refractivity contribution in [3.8, 4) is 0 Å². The van der Waals surface area contributed by atoms with Crippen molar-refractivity contribution in [1.29, 1.82) is 0 Å². The van der Waals surface area contributed by atoms with Crippen molar-refractivity contribution in [3.63, 3.8) is 0 Å². The summed E-state index contributed by atoms with van der Waals surface area (Å²) in [7, 11) is 0. The average Bonchev–Trinajstić information content (AvgIpc) is 3.01. The summed E-state index contributed by atoms with van der Waals surface area (Å²) in [5, 5.41) is 2.86. The fourth-order valence-corrected chi connectivity index (χ4v) is 2.58. The van der Waals surface area contributed by atoms with Crippen LogP contribution >= 0.6 is 0 Å². The lowest BCUT2D eigenvalue weighted by Gasteiger charge is -2.15. The molecule has 1 heterocycles. The zero-order chi connectivity index (χ0) is 11.1. The number of nitrogens with one attached hydrogen (secondary N) is 1. The molecular weight excluding hydrogens is 200 g/mol. The third-order valence-electron chi connectivity index (χ3n) is 3.63. The first-order valence-electron chi connectivity index (χ1n) is 5.90. The van der Waals surface area contributed by atoms with Gasteiger partial charge in [-0.25, -0.2) is 0 Å². The number of amides is 1. The lowest BCUT2D eigenvalue weighted by molar-refractivity contribution is -0.115. The predicted octanol–water partition coefficient (Wildman–Crippen LogP) is 1.63. The average molecular weight is 216 g/mol. The summed E-state index contributed by atoms with van der Waals surface area (Å²) in [6.07, 6.45) is 3.12. The molecular formula is C13H16N2O. The van der Waals surface area contributed by atoms with Gasteiger partial charge in [0, 0.05) is 5.69 Å². The van der Waals surface area contributed by atoms with Crippen molar-refractivity contribution < 1.29 is 4.79 Å². The lowest BCUT2D eigenvalue weighted by Crippen LogP contribution is -2.14. The van der Waals surface area contributed by atoms with Crippen molar-refractivity contribution in [2.45, 2.75) is 25.2 Å². The molecule has 0 spiro atoms. The van der Waals surface area contributed by atoms with Gasteiger partial charge >= 0.3 is 0 Å². The molecule has 16 heavy (non-hydrogen) atoms. The molecule has 84 valence electrons. The number of carbonyl (C=O) groups excluding carboxylic acids is 1. The Hall–Kier alpha value is -1.35. The van der Waals surface area contributed by atoms with Gasteiger partial charge in [-0.05, 0) is 48.4 Å². The number of anilines is 1. The highest BCUT2D eigenvalue weighted by Gasteiger charge is 2.32. The molecule has 3 rings (SSSR count). The van der Waals surface area contributed by atoms with Crippen LogP contribution in [-0.4, -0.2) is 12.5 Å². The Kier molecular flexibility index (Phi) is 2.21. The number of benzene rings is 1. The minimum Gasteiger partial charge on any atom is -0.330 e. The second kappa shape index (κ2) is 3.59. The molecule has 1 atom stereocenters. The third kappa shape index (κ3) is 1.61. The maximum Gasteiger partial charge on any atom is 0.228 e. The molecule has 1 aliphatic carbocycles. The summed E-state index contributed by atoms with van der Waals surface area (Å²) in [5.41, 5.74) is 9.24.